The Bertz CT molecular complexity index is 1720. The van der Waals surface area contributed by atoms with Gasteiger partial charge in [-0.3, -0.25) is 18.6 Å². The van der Waals surface area contributed by atoms with Gasteiger partial charge in [0.2, 0.25) is 0 Å². The maximum atomic E-state index is 12.7. The molecular weight excluding hydrogens is 978 g/mol. The Morgan fingerprint density at radius 1 is 0.403 bits per heavy atom. The number of phosphoric acid groups is 1. The summed E-state index contributed by atoms with van der Waals surface area (Å²) in [4.78, 5) is 35.3. The Balaban J connectivity index is 4.06. The molecule has 3 N–H and O–H groups in total. The van der Waals surface area contributed by atoms with E-state index < -0.39 is 32.5 Å². The van der Waals surface area contributed by atoms with E-state index in [9.17, 15) is 19.0 Å². The summed E-state index contributed by atoms with van der Waals surface area (Å²) in [6.07, 6.45) is 86.4. The number of ether oxygens (including phenoxy) is 2. The van der Waals surface area contributed by atoms with Crippen LogP contribution in [-0.2, 0) is 32.7 Å². The van der Waals surface area contributed by atoms with Crippen molar-refractivity contribution in [2.75, 3.05) is 26.4 Å². The average molecular weight is 1090 g/mol. The van der Waals surface area contributed by atoms with Gasteiger partial charge in [0.05, 0.1) is 13.2 Å². The number of allylic oxidation sites excluding steroid dienone is 22. The second-order valence-electron chi connectivity index (χ2n) is 19.8. The lowest BCUT2D eigenvalue weighted by molar-refractivity contribution is -0.161. The third-order valence-electron chi connectivity index (χ3n) is 12.5. The number of phosphoric ester groups is 1. The fourth-order valence-electron chi connectivity index (χ4n) is 8.01. The quantitative estimate of drug-likeness (QED) is 0.0264. The van der Waals surface area contributed by atoms with Crippen molar-refractivity contribution >= 4 is 19.8 Å². The van der Waals surface area contributed by atoms with Crippen LogP contribution in [0.15, 0.2) is 134 Å². The van der Waals surface area contributed by atoms with Gasteiger partial charge in [-0.05, 0) is 116 Å². The minimum Gasteiger partial charge on any atom is -0.462 e. The zero-order valence-electron chi connectivity index (χ0n) is 48.9. The van der Waals surface area contributed by atoms with E-state index in [1.54, 1.807) is 0 Å². The summed E-state index contributed by atoms with van der Waals surface area (Å²) in [5.41, 5.74) is 5.39. The molecule has 2 unspecified atom stereocenters. The molecule has 0 aromatic heterocycles. The van der Waals surface area contributed by atoms with Gasteiger partial charge in [-0.15, -0.1) is 0 Å². The van der Waals surface area contributed by atoms with Crippen LogP contribution in [0.4, 0.5) is 0 Å². The second-order valence-corrected chi connectivity index (χ2v) is 21.3. The molecule has 438 valence electrons. The van der Waals surface area contributed by atoms with Gasteiger partial charge in [0.15, 0.2) is 6.10 Å². The molecule has 0 saturated heterocycles. The Morgan fingerprint density at radius 2 is 0.714 bits per heavy atom. The number of hydrogen-bond donors (Lipinski definition) is 2. The summed E-state index contributed by atoms with van der Waals surface area (Å²) in [6, 6.07) is 0. The van der Waals surface area contributed by atoms with Crippen LogP contribution in [0.2, 0.25) is 0 Å². The number of hydrogen-bond acceptors (Lipinski definition) is 8. The molecule has 0 aromatic carbocycles. The molecule has 0 spiro atoms. The van der Waals surface area contributed by atoms with E-state index in [1.807, 2.05) is 0 Å². The van der Waals surface area contributed by atoms with Gasteiger partial charge < -0.3 is 20.1 Å². The van der Waals surface area contributed by atoms with Crippen molar-refractivity contribution in [1.82, 2.24) is 0 Å². The van der Waals surface area contributed by atoms with E-state index >= 15 is 0 Å². The molecule has 0 aliphatic heterocycles. The van der Waals surface area contributed by atoms with Crippen LogP contribution in [0, 0.1) is 0 Å². The number of nitrogens with two attached hydrogens (primary N) is 1. The largest absolute Gasteiger partial charge is 0.472 e. The average Bonchev–Trinajstić information content (AvgIpc) is 3.42. The first-order valence-corrected chi connectivity index (χ1v) is 32.2. The van der Waals surface area contributed by atoms with E-state index in [2.05, 4.69) is 148 Å². The fraction of sp³-hybridized carbons (Fsp3) is 0.642. The normalized spacial score (nSPS) is 14.0. The molecule has 0 rings (SSSR count). The van der Waals surface area contributed by atoms with Gasteiger partial charge in [0.1, 0.15) is 6.61 Å². The maximum Gasteiger partial charge on any atom is 0.472 e. The lowest BCUT2D eigenvalue weighted by atomic mass is 10.1. The Hall–Kier alpha value is -3.85. The van der Waals surface area contributed by atoms with E-state index in [1.165, 1.54) is 77.0 Å². The van der Waals surface area contributed by atoms with Gasteiger partial charge in [-0.25, -0.2) is 4.57 Å². The lowest BCUT2D eigenvalue weighted by Crippen LogP contribution is -2.29. The molecule has 0 aliphatic rings. The van der Waals surface area contributed by atoms with E-state index in [-0.39, 0.29) is 32.6 Å². The third-order valence-corrected chi connectivity index (χ3v) is 13.5. The highest BCUT2D eigenvalue weighted by Gasteiger charge is 2.26. The topological polar surface area (TPSA) is 134 Å². The van der Waals surface area contributed by atoms with Crippen molar-refractivity contribution in [1.29, 1.82) is 0 Å². The van der Waals surface area contributed by atoms with Crippen LogP contribution in [-0.4, -0.2) is 49.3 Å². The molecule has 9 nitrogen and oxygen atoms in total. The lowest BCUT2D eigenvalue weighted by Gasteiger charge is -2.19. The summed E-state index contributed by atoms with van der Waals surface area (Å²) < 4.78 is 33.1. The Labute approximate surface area is 472 Å². The first kappa shape index (κ1) is 73.2. The number of carbonyl (C=O) groups excluding carboxylic acids is 2. The summed E-state index contributed by atoms with van der Waals surface area (Å²) in [6.45, 7) is 3.59. The maximum absolute atomic E-state index is 12.7. The summed E-state index contributed by atoms with van der Waals surface area (Å²) in [7, 11) is -4.41. The van der Waals surface area contributed by atoms with E-state index in [4.69, 9.17) is 24.3 Å². The summed E-state index contributed by atoms with van der Waals surface area (Å²) >= 11 is 0. The number of esters is 2. The second kappa shape index (κ2) is 61.4. The highest BCUT2D eigenvalue weighted by Crippen LogP contribution is 2.43. The Kier molecular flexibility index (Phi) is 58.3. The van der Waals surface area contributed by atoms with Gasteiger partial charge >= 0.3 is 19.8 Å². The van der Waals surface area contributed by atoms with Crippen molar-refractivity contribution < 1.29 is 37.6 Å². The number of unbranched alkanes of at least 4 members (excludes halogenated alkanes) is 21. The van der Waals surface area contributed by atoms with Gasteiger partial charge in [-0.2, -0.15) is 0 Å². The highest BCUT2D eigenvalue weighted by atomic mass is 31.2. The molecule has 0 amide bonds. The predicted molar refractivity (Wildman–Crippen MR) is 330 cm³/mol. The standard InChI is InChI=1S/C67H112NO8P/c1-3-5-7-9-11-13-15-17-19-21-23-25-27-29-30-31-32-33-34-36-38-40-42-44-46-48-50-52-54-56-58-60-67(70)76-65(64-75-77(71,72)74-62-61-68)63-73-66(69)59-57-55-53-51-49-47-45-43-41-39-37-35-28-26-24-22-20-18-16-14-12-10-8-6-4-2/h5,7,11,13,16-19,22-25,28-30,32-33,35-36,38,42,44,65H,3-4,6,8-10,12,14-15,20-21,26-27,31,34,37,39-41,43,45-64,68H2,1-2H3,(H,71,72)/b7-5-,13-11-,18-16-,19-17-,24-22-,25-23-,30-29-,33-32-,35-28-,38-36-,44-42-. The third kappa shape index (κ3) is 61.2. The van der Waals surface area contributed by atoms with Crippen LogP contribution in [0.3, 0.4) is 0 Å². The van der Waals surface area contributed by atoms with Gasteiger partial charge in [0, 0.05) is 19.4 Å². The molecular formula is C67H112NO8P. The fourth-order valence-corrected chi connectivity index (χ4v) is 8.78. The molecule has 0 aromatic rings. The van der Waals surface area contributed by atoms with Gasteiger partial charge in [0.25, 0.3) is 0 Å². The molecule has 10 heteroatoms. The van der Waals surface area contributed by atoms with Crippen LogP contribution in [0.25, 0.3) is 0 Å². The first-order valence-electron chi connectivity index (χ1n) is 30.7. The monoisotopic (exact) mass is 1090 g/mol. The van der Waals surface area contributed by atoms with Crippen molar-refractivity contribution in [3.63, 3.8) is 0 Å². The number of rotatable bonds is 56. The first-order chi connectivity index (χ1) is 37.8. The van der Waals surface area contributed by atoms with Crippen molar-refractivity contribution in [3.8, 4) is 0 Å². The molecule has 0 fully saturated rings. The van der Waals surface area contributed by atoms with E-state index in [0.717, 1.165) is 135 Å². The summed E-state index contributed by atoms with van der Waals surface area (Å²) in [5, 5.41) is 0. The molecule has 0 aliphatic carbocycles. The highest BCUT2D eigenvalue weighted by molar-refractivity contribution is 7.47. The zero-order chi connectivity index (χ0) is 55.9. The van der Waals surface area contributed by atoms with Crippen molar-refractivity contribution in [3.05, 3.63) is 134 Å². The smallest absolute Gasteiger partial charge is 0.462 e. The molecule has 2 atom stereocenters. The zero-order valence-corrected chi connectivity index (χ0v) is 49.8. The van der Waals surface area contributed by atoms with E-state index in [0.29, 0.717) is 6.42 Å². The minimum absolute atomic E-state index is 0.0430. The van der Waals surface area contributed by atoms with Crippen LogP contribution in [0.1, 0.15) is 245 Å². The molecule has 0 heterocycles. The number of carbonyl (C=O) groups is 2. The predicted octanol–water partition coefficient (Wildman–Crippen LogP) is 19.7. The molecule has 0 radical (unpaired) electrons. The Morgan fingerprint density at radius 3 is 1.06 bits per heavy atom. The SMILES string of the molecule is CC/C=C\C/C=C\C/C=C\C/C=C\C/C=C\C/C=C\C/C=C\C/C=C\CCCCCCCCC(=O)OC(COC(=O)CCCCCCCCCCCC/C=C\C/C=C\C/C=C\CCCCCCC)COP(=O)(O)OCCN. The molecule has 0 bridgehead atoms. The summed E-state index contributed by atoms with van der Waals surface area (Å²) in [5.74, 6) is -0.856. The molecule has 77 heavy (non-hydrogen) atoms. The van der Waals surface area contributed by atoms with Crippen molar-refractivity contribution in [2.24, 2.45) is 5.73 Å². The van der Waals surface area contributed by atoms with Crippen molar-refractivity contribution in [2.45, 2.75) is 251 Å². The van der Waals surface area contributed by atoms with Gasteiger partial charge in [-0.1, -0.05) is 250 Å². The van der Waals surface area contributed by atoms with Crippen LogP contribution < -0.4 is 5.73 Å². The minimum atomic E-state index is -4.41. The van der Waals surface area contributed by atoms with Crippen LogP contribution in [0.5, 0.6) is 0 Å². The molecule has 0 saturated carbocycles. The van der Waals surface area contributed by atoms with Crippen LogP contribution >= 0.6 is 7.82 Å².